The van der Waals surface area contributed by atoms with E-state index in [4.69, 9.17) is 0 Å². The maximum absolute atomic E-state index is 13.4. The first-order valence-electron chi connectivity index (χ1n) is 10.3. The third-order valence-electron chi connectivity index (χ3n) is 7.06. The fraction of sp³-hybridized carbons (Fsp3) is 0.650. The zero-order valence-electron chi connectivity index (χ0n) is 16.3. The largest absolute Gasteiger partial charge is 0.418 e. The Hall–Kier alpha value is -1.84. The van der Waals surface area contributed by atoms with Gasteiger partial charge >= 0.3 is 11.9 Å². The molecule has 2 aromatic rings. The first-order chi connectivity index (χ1) is 13.8. The molecule has 29 heavy (non-hydrogen) atoms. The molecule has 2 aliphatic carbocycles. The Labute approximate surface area is 166 Å². The van der Waals surface area contributed by atoms with Gasteiger partial charge in [0.15, 0.2) is 0 Å². The van der Waals surface area contributed by atoms with Crippen molar-refractivity contribution in [3.8, 4) is 0 Å². The number of alkyl halides is 3. The summed E-state index contributed by atoms with van der Waals surface area (Å²) in [6, 6.07) is 2.30. The molecule has 0 radical (unpaired) electrons. The Balaban J connectivity index is 1.38. The van der Waals surface area contributed by atoms with Gasteiger partial charge in [0.1, 0.15) is 0 Å². The van der Waals surface area contributed by atoms with Gasteiger partial charge in [-0.3, -0.25) is 13.9 Å². The van der Waals surface area contributed by atoms with E-state index in [2.05, 4.69) is 22.8 Å². The van der Waals surface area contributed by atoms with Crippen LogP contribution >= 0.6 is 0 Å². The Morgan fingerprint density at radius 3 is 2.72 bits per heavy atom. The third kappa shape index (κ3) is 3.29. The summed E-state index contributed by atoms with van der Waals surface area (Å²) in [7, 11) is 2.10. The van der Waals surface area contributed by atoms with E-state index < -0.39 is 11.7 Å². The number of hydrogen-bond acceptors (Lipinski definition) is 4. The normalized spacial score (nSPS) is 33.4. The van der Waals surface area contributed by atoms with E-state index in [1.54, 1.807) is 4.57 Å². The fourth-order valence-corrected chi connectivity index (χ4v) is 5.53. The number of hydrazine groups is 1. The predicted octanol–water partition coefficient (Wildman–Crippen LogP) is 2.81. The monoisotopic (exact) mass is 409 g/mol. The SMILES string of the molecule is CN1CNNC1[C@@H]1C[C@@H]1C1CCCC(n2cc3c(C(F)(F)F)cccn3c2=O)C1. The smallest absolute Gasteiger partial charge is 0.295 e. The summed E-state index contributed by atoms with van der Waals surface area (Å²) in [5.74, 6) is 1.74. The predicted molar refractivity (Wildman–Crippen MR) is 102 cm³/mol. The minimum atomic E-state index is -4.48. The van der Waals surface area contributed by atoms with Gasteiger partial charge in [-0.25, -0.2) is 15.6 Å². The molecule has 2 aromatic heterocycles. The van der Waals surface area contributed by atoms with Crippen molar-refractivity contribution in [2.24, 2.45) is 17.8 Å². The van der Waals surface area contributed by atoms with Gasteiger partial charge in [-0.2, -0.15) is 13.2 Å². The van der Waals surface area contributed by atoms with E-state index in [0.29, 0.717) is 23.9 Å². The summed E-state index contributed by atoms with van der Waals surface area (Å²) in [6.07, 6.45) is 3.73. The van der Waals surface area contributed by atoms with E-state index in [1.165, 1.54) is 24.9 Å². The van der Waals surface area contributed by atoms with Crippen molar-refractivity contribution in [1.29, 1.82) is 0 Å². The number of aromatic nitrogens is 2. The number of hydrogen-bond donors (Lipinski definition) is 2. The van der Waals surface area contributed by atoms with Crippen LogP contribution in [-0.4, -0.2) is 33.7 Å². The Morgan fingerprint density at radius 2 is 2.00 bits per heavy atom. The highest BCUT2D eigenvalue weighted by molar-refractivity contribution is 5.55. The molecule has 3 heterocycles. The minimum Gasteiger partial charge on any atom is -0.295 e. The molecule has 9 heteroatoms. The van der Waals surface area contributed by atoms with Crippen molar-refractivity contribution in [2.45, 2.75) is 50.5 Å². The van der Waals surface area contributed by atoms with Crippen LogP contribution in [0.4, 0.5) is 13.2 Å². The van der Waals surface area contributed by atoms with E-state index in [1.807, 2.05) is 0 Å². The molecular formula is C20H26F3N5O. The van der Waals surface area contributed by atoms with E-state index in [0.717, 1.165) is 42.8 Å². The molecule has 0 spiro atoms. The topological polar surface area (TPSA) is 53.7 Å². The average molecular weight is 409 g/mol. The van der Waals surface area contributed by atoms with Crippen molar-refractivity contribution in [3.63, 3.8) is 0 Å². The van der Waals surface area contributed by atoms with Crippen molar-refractivity contribution < 1.29 is 13.2 Å². The Morgan fingerprint density at radius 1 is 1.17 bits per heavy atom. The lowest BCUT2D eigenvalue weighted by atomic mass is 9.81. The first kappa shape index (κ1) is 19.1. The van der Waals surface area contributed by atoms with Gasteiger partial charge in [-0.05, 0) is 56.2 Å². The number of halogens is 3. The average Bonchev–Trinajstić information content (AvgIpc) is 3.25. The van der Waals surface area contributed by atoms with Gasteiger partial charge < -0.3 is 0 Å². The van der Waals surface area contributed by atoms with Crippen LogP contribution in [0.25, 0.3) is 5.52 Å². The van der Waals surface area contributed by atoms with Crippen LogP contribution in [0.5, 0.6) is 0 Å². The summed E-state index contributed by atoms with van der Waals surface area (Å²) >= 11 is 0. The van der Waals surface area contributed by atoms with Gasteiger partial charge in [0, 0.05) is 18.4 Å². The second kappa shape index (κ2) is 6.85. The molecule has 0 aromatic carbocycles. The second-order valence-corrected chi connectivity index (χ2v) is 8.82. The molecule has 3 unspecified atom stereocenters. The second-order valence-electron chi connectivity index (χ2n) is 8.82. The van der Waals surface area contributed by atoms with Crippen molar-refractivity contribution >= 4 is 5.52 Å². The number of imidazole rings is 1. The summed E-state index contributed by atoms with van der Waals surface area (Å²) in [4.78, 5) is 15.1. The lowest BCUT2D eigenvalue weighted by Gasteiger charge is -2.30. The lowest BCUT2D eigenvalue weighted by Crippen LogP contribution is -2.38. The lowest BCUT2D eigenvalue weighted by molar-refractivity contribution is -0.136. The minimum absolute atomic E-state index is 0.0316. The zero-order valence-corrected chi connectivity index (χ0v) is 16.3. The van der Waals surface area contributed by atoms with Crippen LogP contribution < -0.4 is 16.5 Å². The van der Waals surface area contributed by atoms with Crippen molar-refractivity contribution in [2.75, 3.05) is 13.7 Å². The number of nitrogens with one attached hydrogen (secondary N) is 2. The fourth-order valence-electron chi connectivity index (χ4n) is 5.53. The third-order valence-corrected chi connectivity index (χ3v) is 7.06. The van der Waals surface area contributed by atoms with Crippen LogP contribution in [0, 0.1) is 17.8 Å². The first-order valence-corrected chi connectivity index (χ1v) is 10.3. The number of fused-ring (bicyclic) bond motifs is 1. The molecule has 5 rings (SSSR count). The highest BCUT2D eigenvalue weighted by atomic mass is 19.4. The van der Waals surface area contributed by atoms with Crippen LogP contribution in [0.2, 0.25) is 0 Å². The van der Waals surface area contributed by atoms with Crippen LogP contribution in [-0.2, 0) is 6.18 Å². The molecule has 0 bridgehead atoms. The van der Waals surface area contributed by atoms with Gasteiger partial charge in [0.25, 0.3) is 0 Å². The Kier molecular flexibility index (Phi) is 4.52. The standard InChI is InChI=1S/C20H26F3N5O/c1-26-11-24-25-18(26)15-9-14(15)12-4-2-5-13(8-12)28-10-17-16(20(21,22)23)6-3-7-27(17)19(28)29/h3,6-7,10,12-15,18,24-25H,2,4-5,8-9,11H2,1H3/t12?,13?,14-,15-,18?/m1/s1. The molecule has 1 aliphatic heterocycles. The molecular weight excluding hydrogens is 383 g/mol. The highest BCUT2D eigenvalue weighted by Gasteiger charge is 2.50. The zero-order chi connectivity index (χ0) is 20.3. The molecule has 2 N–H and O–H groups in total. The maximum Gasteiger partial charge on any atom is 0.418 e. The van der Waals surface area contributed by atoms with Crippen molar-refractivity contribution in [1.82, 2.24) is 24.7 Å². The summed E-state index contributed by atoms with van der Waals surface area (Å²) in [5, 5.41) is 0. The molecule has 6 nitrogen and oxygen atoms in total. The molecule has 3 aliphatic rings. The number of rotatable bonds is 3. The maximum atomic E-state index is 13.4. The summed E-state index contributed by atoms with van der Waals surface area (Å²) in [5.41, 5.74) is 5.33. The molecule has 0 amide bonds. The molecule has 1 saturated heterocycles. The van der Waals surface area contributed by atoms with Crippen LogP contribution in [0.15, 0.2) is 29.3 Å². The summed E-state index contributed by atoms with van der Waals surface area (Å²) < 4.78 is 42.8. The quantitative estimate of drug-likeness (QED) is 0.819. The van der Waals surface area contributed by atoms with Crippen LogP contribution in [0.1, 0.15) is 43.7 Å². The van der Waals surface area contributed by atoms with E-state index in [-0.39, 0.29) is 17.2 Å². The van der Waals surface area contributed by atoms with Gasteiger partial charge in [-0.15, -0.1) is 0 Å². The van der Waals surface area contributed by atoms with Crippen LogP contribution in [0.3, 0.4) is 0 Å². The van der Waals surface area contributed by atoms with E-state index in [9.17, 15) is 18.0 Å². The molecule has 2 saturated carbocycles. The van der Waals surface area contributed by atoms with Gasteiger partial charge in [0.2, 0.25) is 0 Å². The Bertz CT molecular complexity index is 967. The number of nitrogens with zero attached hydrogens (tertiary/aromatic N) is 3. The van der Waals surface area contributed by atoms with Crippen molar-refractivity contribution in [3.05, 3.63) is 40.6 Å². The number of pyridine rings is 1. The summed E-state index contributed by atoms with van der Waals surface area (Å²) in [6.45, 7) is 0.829. The van der Waals surface area contributed by atoms with Gasteiger partial charge in [-0.1, -0.05) is 12.8 Å². The molecule has 158 valence electrons. The van der Waals surface area contributed by atoms with E-state index >= 15 is 0 Å². The van der Waals surface area contributed by atoms with Gasteiger partial charge in [0.05, 0.1) is 23.9 Å². The molecule has 3 fully saturated rings. The highest BCUT2D eigenvalue weighted by Crippen LogP contribution is 2.53. The molecule has 5 atom stereocenters.